The molecule has 4 rings (SSSR count). The van der Waals surface area contributed by atoms with Crippen molar-refractivity contribution in [2.45, 2.75) is 30.7 Å². The molecule has 8 heteroatoms. The van der Waals surface area contributed by atoms with E-state index in [1.807, 2.05) is 0 Å². The zero-order valence-corrected chi connectivity index (χ0v) is 14.5. The molecule has 1 aromatic heterocycles. The Balaban J connectivity index is 1.51. The van der Waals surface area contributed by atoms with Crippen LogP contribution in [0.3, 0.4) is 0 Å². The van der Waals surface area contributed by atoms with E-state index in [9.17, 15) is 14.0 Å². The third-order valence-corrected chi connectivity index (χ3v) is 5.08. The highest BCUT2D eigenvalue weighted by Gasteiger charge is 2.54. The fourth-order valence-electron chi connectivity index (χ4n) is 3.49. The lowest BCUT2D eigenvalue weighted by atomic mass is 10.1. The standard InChI is InChI=1S/C18H22FN3O4/c19-17(4-5-17)16(24)22-7-2-9-25-18(13-22)12-21(8-10-26-18)15(23)14-3-1-6-20-11-14/h1,3,6,11H,2,4-5,7-10,12-13H2. The van der Waals surface area contributed by atoms with Crippen molar-refractivity contribution in [2.75, 3.05) is 39.4 Å². The topological polar surface area (TPSA) is 72.0 Å². The third kappa shape index (κ3) is 3.31. The van der Waals surface area contributed by atoms with E-state index in [1.54, 1.807) is 23.2 Å². The first-order valence-electron chi connectivity index (χ1n) is 8.97. The molecular formula is C18H22FN3O4. The van der Waals surface area contributed by atoms with Gasteiger partial charge in [0.05, 0.1) is 31.9 Å². The summed E-state index contributed by atoms with van der Waals surface area (Å²) in [6.45, 7) is 1.90. The molecule has 3 aliphatic rings. The van der Waals surface area contributed by atoms with Gasteiger partial charge in [0, 0.05) is 25.5 Å². The summed E-state index contributed by atoms with van der Waals surface area (Å²) in [6, 6.07) is 3.42. The van der Waals surface area contributed by atoms with Gasteiger partial charge >= 0.3 is 0 Å². The Kier molecular flexibility index (Phi) is 4.40. The molecule has 1 aliphatic carbocycles. The Morgan fingerprint density at radius 1 is 1.12 bits per heavy atom. The van der Waals surface area contributed by atoms with E-state index < -0.39 is 17.4 Å². The van der Waals surface area contributed by atoms with E-state index in [0.29, 0.717) is 38.3 Å². The lowest BCUT2D eigenvalue weighted by molar-refractivity contribution is -0.260. The molecule has 7 nitrogen and oxygen atoms in total. The number of amides is 2. The van der Waals surface area contributed by atoms with Crippen molar-refractivity contribution in [3.63, 3.8) is 0 Å². The van der Waals surface area contributed by atoms with Crippen LogP contribution >= 0.6 is 0 Å². The molecule has 0 radical (unpaired) electrons. The molecule has 0 N–H and O–H groups in total. The fraction of sp³-hybridized carbons (Fsp3) is 0.611. The minimum atomic E-state index is -1.72. The van der Waals surface area contributed by atoms with E-state index in [-0.39, 0.29) is 31.8 Å². The van der Waals surface area contributed by atoms with Crippen LogP contribution in [0.25, 0.3) is 0 Å². The van der Waals surface area contributed by atoms with Gasteiger partial charge in [-0.15, -0.1) is 0 Å². The molecular weight excluding hydrogens is 341 g/mol. The maximum absolute atomic E-state index is 14.2. The smallest absolute Gasteiger partial charge is 0.260 e. The number of ether oxygens (including phenoxy) is 2. The minimum Gasteiger partial charge on any atom is -0.347 e. The van der Waals surface area contributed by atoms with Crippen molar-refractivity contribution in [1.29, 1.82) is 0 Å². The summed E-state index contributed by atoms with van der Waals surface area (Å²) in [4.78, 5) is 32.3. The van der Waals surface area contributed by atoms with Gasteiger partial charge in [-0.2, -0.15) is 0 Å². The number of nitrogens with zero attached hydrogens (tertiary/aromatic N) is 3. The summed E-state index contributed by atoms with van der Waals surface area (Å²) in [5.41, 5.74) is -1.22. The molecule has 1 aromatic rings. The highest BCUT2D eigenvalue weighted by atomic mass is 19.1. The van der Waals surface area contributed by atoms with Crippen molar-refractivity contribution in [1.82, 2.24) is 14.8 Å². The van der Waals surface area contributed by atoms with Crippen LogP contribution in [0.5, 0.6) is 0 Å². The Labute approximate surface area is 151 Å². The summed E-state index contributed by atoms with van der Waals surface area (Å²) in [6.07, 6.45) is 4.31. The van der Waals surface area contributed by atoms with Crippen LogP contribution in [0.4, 0.5) is 4.39 Å². The Morgan fingerprint density at radius 2 is 1.88 bits per heavy atom. The van der Waals surface area contributed by atoms with Crippen molar-refractivity contribution in [3.05, 3.63) is 30.1 Å². The lowest BCUT2D eigenvalue weighted by Gasteiger charge is -2.43. The predicted octanol–water partition coefficient (Wildman–Crippen LogP) is 1.00. The first kappa shape index (κ1) is 17.4. The summed E-state index contributed by atoms with van der Waals surface area (Å²) in [7, 11) is 0. The van der Waals surface area contributed by atoms with Gasteiger partial charge in [0.15, 0.2) is 5.67 Å². The van der Waals surface area contributed by atoms with Crippen LogP contribution in [0.15, 0.2) is 24.5 Å². The molecule has 2 amide bonds. The van der Waals surface area contributed by atoms with E-state index in [4.69, 9.17) is 9.47 Å². The number of carbonyl (C=O) groups is 2. The Bertz CT molecular complexity index is 697. The molecule has 3 heterocycles. The monoisotopic (exact) mass is 363 g/mol. The second kappa shape index (κ2) is 6.59. The quantitative estimate of drug-likeness (QED) is 0.784. The van der Waals surface area contributed by atoms with Gasteiger partial charge in [-0.3, -0.25) is 14.6 Å². The summed E-state index contributed by atoms with van der Waals surface area (Å²) in [5, 5.41) is 0. The van der Waals surface area contributed by atoms with Crippen molar-refractivity contribution >= 4 is 11.8 Å². The van der Waals surface area contributed by atoms with Crippen molar-refractivity contribution in [3.8, 4) is 0 Å². The number of aromatic nitrogens is 1. The number of halogens is 1. The van der Waals surface area contributed by atoms with Crippen molar-refractivity contribution in [2.24, 2.45) is 0 Å². The van der Waals surface area contributed by atoms with Crippen molar-refractivity contribution < 1.29 is 23.5 Å². The Hall–Kier alpha value is -2.06. The molecule has 0 bridgehead atoms. The maximum Gasteiger partial charge on any atom is 0.260 e. The molecule has 3 fully saturated rings. The van der Waals surface area contributed by atoms with Crippen LogP contribution in [-0.4, -0.2) is 77.4 Å². The van der Waals surface area contributed by atoms with E-state index in [2.05, 4.69) is 4.98 Å². The average Bonchev–Trinajstić information content (AvgIpc) is 3.45. The average molecular weight is 363 g/mol. The molecule has 26 heavy (non-hydrogen) atoms. The van der Waals surface area contributed by atoms with Gasteiger partial charge in [-0.25, -0.2) is 4.39 Å². The van der Waals surface area contributed by atoms with Crippen LogP contribution in [-0.2, 0) is 14.3 Å². The number of hydrogen-bond donors (Lipinski definition) is 0. The SMILES string of the molecule is O=C(c1cccnc1)N1CCOC2(C1)CN(C(=O)C1(F)CC1)CCCO2. The van der Waals surface area contributed by atoms with E-state index in [0.717, 1.165) is 0 Å². The second-order valence-corrected chi connectivity index (χ2v) is 7.12. The van der Waals surface area contributed by atoms with E-state index in [1.165, 1.54) is 11.1 Å². The number of morpholine rings is 1. The molecule has 1 spiro atoms. The summed E-state index contributed by atoms with van der Waals surface area (Å²) in [5.74, 6) is -1.74. The second-order valence-electron chi connectivity index (χ2n) is 7.12. The number of hydrogen-bond acceptors (Lipinski definition) is 5. The molecule has 2 aliphatic heterocycles. The molecule has 2 saturated heterocycles. The normalized spacial score (nSPS) is 27.9. The molecule has 1 unspecified atom stereocenters. The molecule has 1 saturated carbocycles. The maximum atomic E-state index is 14.2. The number of pyridine rings is 1. The van der Waals surface area contributed by atoms with Gasteiger partial charge in [-0.05, 0) is 31.4 Å². The highest BCUT2D eigenvalue weighted by Crippen LogP contribution is 2.42. The largest absolute Gasteiger partial charge is 0.347 e. The van der Waals surface area contributed by atoms with Gasteiger partial charge < -0.3 is 19.3 Å². The minimum absolute atomic E-state index is 0.133. The third-order valence-electron chi connectivity index (χ3n) is 5.08. The first-order valence-corrected chi connectivity index (χ1v) is 8.97. The van der Waals surface area contributed by atoms with Gasteiger partial charge in [0.1, 0.15) is 0 Å². The first-order chi connectivity index (χ1) is 12.5. The van der Waals surface area contributed by atoms with Gasteiger partial charge in [0.2, 0.25) is 5.79 Å². The number of carbonyl (C=O) groups excluding carboxylic acids is 2. The fourth-order valence-corrected chi connectivity index (χ4v) is 3.49. The predicted molar refractivity (Wildman–Crippen MR) is 89.0 cm³/mol. The van der Waals surface area contributed by atoms with Crippen LogP contribution in [0, 0.1) is 0 Å². The number of rotatable bonds is 2. The zero-order chi connectivity index (χ0) is 18.2. The zero-order valence-electron chi connectivity index (χ0n) is 14.5. The summed E-state index contributed by atoms with van der Waals surface area (Å²) < 4.78 is 26.0. The molecule has 1 atom stereocenters. The van der Waals surface area contributed by atoms with E-state index >= 15 is 0 Å². The van der Waals surface area contributed by atoms with Crippen LogP contribution in [0.2, 0.25) is 0 Å². The molecule has 0 aromatic carbocycles. The molecule has 140 valence electrons. The summed E-state index contributed by atoms with van der Waals surface area (Å²) >= 11 is 0. The van der Waals surface area contributed by atoms with Gasteiger partial charge in [0.25, 0.3) is 11.8 Å². The lowest BCUT2D eigenvalue weighted by Crippen LogP contribution is -2.60. The van der Waals surface area contributed by atoms with Gasteiger partial charge in [-0.1, -0.05) is 0 Å². The van der Waals surface area contributed by atoms with Crippen LogP contribution < -0.4 is 0 Å². The number of alkyl halides is 1. The highest BCUT2D eigenvalue weighted by molar-refractivity contribution is 5.94. The Morgan fingerprint density at radius 3 is 2.62 bits per heavy atom. The van der Waals surface area contributed by atoms with Crippen LogP contribution in [0.1, 0.15) is 29.6 Å².